The number of aliphatic hydroxyl groups excluding tert-OH is 1. The van der Waals surface area contributed by atoms with E-state index in [2.05, 4.69) is 0 Å². The van der Waals surface area contributed by atoms with E-state index in [0.717, 1.165) is 18.7 Å². The van der Waals surface area contributed by atoms with Gasteiger partial charge in [-0.3, -0.25) is 4.90 Å². The van der Waals surface area contributed by atoms with Crippen LogP contribution in [0.25, 0.3) is 0 Å². The van der Waals surface area contributed by atoms with Crippen LogP contribution in [0, 0.1) is 11.7 Å². The molecule has 20 heavy (non-hydrogen) atoms. The number of alkyl halides is 1. The third-order valence-electron chi connectivity index (χ3n) is 3.92. The van der Waals surface area contributed by atoms with Crippen LogP contribution in [-0.4, -0.2) is 41.9 Å². The van der Waals surface area contributed by atoms with Crippen LogP contribution < -0.4 is 0 Å². The number of rotatable bonds is 4. The van der Waals surface area contributed by atoms with Crippen molar-refractivity contribution in [3.63, 3.8) is 0 Å². The van der Waals surface area contributed by atoms with Crippen LogP contribution in [-0.2, 0) is 0 Å². The second-order valence-electron chi connectivity index (χ2n) is 6.00. The molecular formula is C16H22F2NO. The maximum absolute atomic E-state index is 15.1. The summed E-state index contributed by atoms with van der Waals surface area (Å²) in [6.07, 6.45) is 0.635. The Morgan fingerprint density at radius 3 is 2.55 bits per heavy atom. The number of halogens is 2. The van der Waals surface area contributed by atoms with Crippen LogP contribution in [0.4, 0.5) is 8.78 Å². The number of piperidine rings is 1. The van der Waals surface area contributed by atoms with E-state index in [1.165, 1.54) is 18.1 Å². The van der Waals surface area contributed by atoms with Gasteiger partial charge in [0.1, 0.15) is 5.82 Å². The van der Waals surface area contributed by atoms with Crippen molar-refractivity contribution in [3.8, 4) is 0 Å². The molecule has 1 heterocycles. The van der Waals surface area contributed by atoms with Gasteiger partial charge in [0.2, 0.25) is 0 Å². The normalized spacial score (nSPS) is 28.0. The molecule has 2 nitrogen and oxygen atoms in total. The molecule has 0 aromatic heterocycles. The molecule has 0 spiro atoms. The zero-order valence-corrected chi connectivity index (χ0v) is 12.1. The average Bonchev–Trinajstić information content (AvgIpc) is 2.40. The minimum atomic E-state index is -1.66. The van der Waals surface area contributed by atoms with Gasteiger partial charge in [-0.25, -0.2) is 8.78 Å². The summed E-state index contributed by atoms with van der Waals surface area (Å²) in [5.74, 6) is 0.530. The van der Waals surface area contributed by atoms with Crippen molar-refractivity contribution in [2.45, 2.75) is 31.9 Å². The second-order valence-corrected chi connectivity index (χ2v) is 6.00. The molecule has 2 atom stereocenters. The largest absolute Gasteiger partial charge is 0.393 e. The minimum absolute atomic E-state index is 0.219. The van der Waals surface area contributed by atoms with Gasteiger partial charge in [0, 0.05) is 19.0 Å². The molecule has 1 aromatic carbocycles. The summed E-state index contributed by atoms with van der Waals surface area (Å²) >= 11 is 0. The van der Waals surface area contributed by atoms with Crippen molar-refractivity contribution in [1.29, 1.82) is 0 Å². The topological polar surface area (TPSA) is 23.5 Å². The maximum Gasteiger partial charge on any atom is 0.153 e. The standard InChI is InChI=1S/C16H22F2NO/c1-12(2)9-19-8-7-15(16(18,10-19)11-20)13-3-5-14(17)6-4-13/h3-6,15,20H,7-11H2,1-2H3. The zero-order chi connectivity index (χ0) is 14.8. The molecule has 0 aliphatic carbocycles. The molecule has 0 amide bonds. The molecule has 1 radical (unpaired) electrons. The summed E-state index contributed by atoms with van der Waals surface area (Å²) < 4.78 is 28.0. The number of hydrogen-bond donors (Lipinski definition) is 1. The van der Waals surface area contributed by atoms with Crippen molar-refractivity contribution in [2.24, 2.45) is 0 Å². The predicted octanol–water partition coefficient (Wildman–Crippen LogP) is 2.93. The summed E-state index contributed by atoms with van der Waals surface area (Å²) in [7, 11) is 0. The van der Waals surface area contributed by atoms with E-state index in [4.69, 9.17) is 0 Å². The van der Waals surface area contributed by atoms with Gasteiger partial charge in [0.05, 0.1) is 6.61 Å². The van der Waals surface area contributed by atoms with Crippen LogP contribution in [0.2, 0.25) is 0 Å². The van der Waals surface area contributed by atoms with Crippen LogP contribution >= 0.6 is 0 Å². The monoisotopic (exact) mass is 282 g/mol. The molecule has 0 bridgehead atoms. The minimum Gasteiger partial charge on any atom is -0.393 e. The fourth-order valence-electron chi connectivity index (χ4n) is 3.03. The molecule has 111 valence electrons. The van der Waals surface area contributed by atoms with Gasteiger partial charge in [0.15, 0.2) is 5.67 Å². The Morgan fingerprint density at radius 2 is 2.00 bits per heavy atom. The third-order valence-corrected chi connectivity index (χ3v) is 3.92. The third kappa shape index (κ3) is 3.36. The Labute approximate surface area is 119 Å². The number of nitrogens with zero attached hydrogens (tertiary/aromatic N) is 1. The Kier molecular flexibility index (Phi) is 4.76. The predicted molar refractivity (Wildman–Crippen MR) is 75.7 cm³/mol. The molecule has 1 aliphatic rings. The molecule has 1 N–H and O–H groups in total. The fraction of sp³-hybridized carbons (Fsp3) is 0.562. The van der Waals surface area contributed by atoms with Gasteiger partial charge >= 0.3 is 0 Å². The van der Waals surface area contributed by atoms with Gasteiger partial charge < -0.3 is 5.11 Å². The molecule has 1 aliphatic heterocycles. The first kappa shape index (κ1) is 15.4. The first-order valence-electron chi connectivity index (χ1n) is 7.01. The Morgan fingerprint density at radius 1 is 1.35 bits per heavy atom. The second kappa shape index (κ2) is 6.19. The Hall–Kier alpha value is -1.00. The molecule has 2 rings (SSSR count). The van der Waals surface area contributed by atoms with Gasteiger partial charge in [-0.1, -0.05) is 26.0 Å². The van der Waals surface area contributed by atoms with Gasteiger partial charge in [-0.05, 0) is 36.6 Å². The van der Waals surface area contributed by atoms with E-state index in [1.54, 1.807) is 12.1 Å². The highest BCUT2D eigenvalue weighted by atomic mass is 19.1. The number of aliphatic hydroxyl groups is 1. The molecular weight excluding hydrogens is 260 g/mol. The van der Waals surface area contributed by atoms with E-state index < -0.39 is 12.3 Å². The van der Waals surface area contributed by atoms with E-state index in [-0.39, 0.29) is 18.3 Å². The molecule has 4 heteroatoms. The quantitative estimate of drug-likeness (QED) is 0.918. The number of benzene rings is 1. The number of hydrogen-bond acceptors (Lipinski definition) is 2. The first-order chi connectivity index (χ1) is 9.44. The van der Waals surface area contributed by atoms with Crippen LogP contribution in [0.5, 0.6) is 0 Å². The Balaban J connectivity index is 2.16. The van der Waals surface area contributed by atoms with Crippen molar-refractivity contribution in [3.05, 3.63) is 41.6 Å². The van der Waals surface area contributed by atoms with Crippen LogP contribution in [0.3, 0.4) is 0 Å². The van der Waals surface area contributed by atoms with E-state index >= 15 is 4.39 Å². The van der Waals surface area contributed by atoms with Crippen molar-refractivity contribution in [1.82, 2.24) is 4.90 Å². The summed E-state index contributed by atoms with van der Waals surface area (Å²) in [6.45, 7) is 5.29. The van der Waals surface area contributed by atoms with E-state index in [0.29, 0.717) is 6.42 Å². The van der Waals surface area contributed by atoms with Crippen molar-refractivity contribution in [2.75, 3.05) is 26.2 Å². The smallest absolute Gasteiger partial charge is 0.153 e. The first-order valence-corrected chi connectivity index (χ1v) is 7.01. The SMILES string of the molecule is C[C](C)CN1CCC(c2ccc(F)cc2)C(F)(CO)C1. The lowest BCUT2D eigenvalue weighted by Gasteiger charge is -2.43. The molecule has 1 saturated heterocycles. The van der Waals surface area contributed by atoms with Gasteiger partial charge in [0.25, 0.3) is 0 Å². The molecule has 1 aromatic rings. The lowest BCUT2D eigenvalue weighted by Crippen LogP contribution is -2.52. The fourth-order valence-corrected chi connectivity index (χ4v) is 3.03. The summed E-state index contributed by atoms with van der Waals surface area (Å²) in [5.41, 5.74) is -0.897. The number of likely N-dealkylation sites (tertiary alicyclic amines) is 1. The average molecular weight is 282 g/mol. The summed E-state index contributed by atoms with van der Waals surface area (Å²) in [6, 6.07) is 5.95. The van der Waals surface area contributed by atoms with Crippen molar-refractivity contribution < 1.29 is 13.9 Å². The lowest BCUT2D eigenvalue weighted by atomic mass is 9.78. The molecule has 1 fully saturated rings. The van der Waals surface area contributed by atoms with Gasteiger partial charge in [-0.15, -0.1) is 0 Å². The summed E-state index contributed by atoms with van der Waals surface area (Å²) in [5, 5.41) is 9.51. The summed E-state index contributed by atoms with van der Waals surface area (Å²) in [4.78, 5) is 2.03. The highest BCUT2D eigenvalue weighted by molar-refractivity contribution is 5.25. The lowest BCUT2D eigenvalue weighted by molar-refractivity contribution is -0.0179. The molecule has 0 saturated carbocycles. The zero-order valence-electron chi connectivity index (χ0n) is 12.1. The van der Waals surface area contributed by atoms with Crippen LogP contribution in [0.1, 0.15) is 31.7 Å². The highest BCUT2D eigenvalue weighted by Gasteiger charge is 2.44. The van der Waals surface area contributed by atoms with E-state index in [9.17, 15) is 9.50 Å². The van der Waals surface area contributed by atoms with E-state index in [1.807, 2.05) is 18.7 Å². The van der Waals surface area contributed by atoms with Crippen LogP contribution in [0.15, 0.2) is 24.3 Å². The Bertz CT molecular complexity index is 435. The van der Waals surface area contributed by atoms with Crippen molar-refractivity contribution >= 4 is 0 Å². The highest BCUT2D eigenvalue weighted by Crippen LogP contribution is 2.39. The maximum atomic E-state index is 15.1. The molecule has 2 unspecified atom stereocenters. The van der Waals surface area contributed by atoms with Gasteiger partial charge in [-0.2, -0.15) is 0 Å².